The first-order chi connectivity index (χ1) is 11.1. The molecule has 3 unspecified atom stereocenters. The Morgan fingerprint density at radius 1 is 1.30 bits per heavy atom. The molecule has 1 fully saturated rings. The fourth-order valence-electron chi connectivity index (χ4n) is 2.64. The number of carbonyl (C=O) groups is 3. The third kappa shape index (κ3) is 6.74. The zero-order valence-corrected chi connectivity index (χ0v) is 13.4. The van der Waals surface area contributed by atoms with E-state index in [-0.39, 0.29) is 30.0 Å². The van der Waals surface area contributed by atoms with Crippen molar-refractivity contribution in [3.63, 3.8) is 0 Å². The van der Waals surface area contributed by atoms with Gasteiger partial charge < -0.3 is 9.84 Å². The van der Waals surface area contributed by atoms with Crippen molar-refractivity contribution in [1.82, 2.24) is 0 Å². The highest BCUT2D eigenvalue weighted by molar-refractivity contribution is 5.85. The number of hydrogen-bond donors (Lipinski definition) is 1. The molecule has 3 atom stereocenters. The molecular weight excluding hydrogens is 296 g/mol. The molecule has 0 radical (unpaired) electrons. The van der Waals surface area contributed by atoms with E-state index in [2.05, 4.69) is 4.74 Å². The van der Waals surface area contributed by atoms with Gasteiger partial charge in [0, 0.05) is 24.7 Å². The molecule has 1 rings (SSSR count). The Hall–Kier alpha value is -2.01. The largest absolute Gasteiger partial charge is 0.469 e. The lowest BCUT2D eigenvalue weighted by atomic mass is 9.90. The minimum absolute atomic E-state index is 0.0383. The number of aliphatic hydroxyl groups excluding tert-OH is 1. The molecule has 0 aromatic carbocycles. The smallest absolute Gasteiger partial charge is 0.305 e. The lowest BCUT2D eigenvalue weighted by Gasteiger charge is -2.15. The molecule has 1 N–H and O–H groups in total. The van der Waals surface area contributed by atoms with Gasteiger partial charge in [-0.15, -0.1) is 0 Å². The van der Waals surface area contributed by atoms with Gasteiger partial charge in [-0.3, -0.25) is 14.4 Å². The Kier molecular flexibility index (Phi) is 8.83. The number of rotatable bonds is 9. The quantitative estimate of drug-likeness (QED) is 0.305. The molecule has 5 heteroatoms. The standard InChI is InChI=1S/C18H24O5/c1-23-18(22)11-7-5-3-2-4-6-9-14-15(10-8-12-19)17(21)13-16(14)20/h3-6,8,10,12,14-15,17,21H,2,7,9,11,13H2,1H3/b5-3+,6-4+,10-8+. The summed E-state index contributed by atoms with van der Waals surface area (Å²) < 4.78 is 4.54. The summed E-state index contributed by atoms with van der Waals surface area (Å²) in [6.45, 7) is 0. The van der Waals surface area contributed by atoms with Crippen molar-refractivity contribution < 1.29 is 24.2 Å². The van der Waals surface area contributed by atoms with Gasteiger partial charge in [0.25, 0.3) is 0 Å². The van der Waals surface area contributed by atoms with Crippen molar-refractivity contribution >= 4 is 18.0 Å². The van der Waals surface area contributed by atoms with Gasteiger partial charge >= 0.3 is 5.97 Å². The van der Waals surface area contributed by atoms with Crippen molar-refractivity contribution in [2.75, 3.05) is 7.11 Å². The fourth-order valence-corrected chi connectivity index (χ4v) is 2.64. The van der Waals surface area contributed by atoms with E-state index in [1.54, 1.807) is 6.08 Å². The van der Waals surface area contributed by atoms with Crippen LogP contribution in [0.4, 0.5) is 0 Å². The normalized spacial score (nSPS) is 25.0. The average molecular weight is 320 g/mol. The summed E-state index contributed by atoms with van der Waals surface area (Å²) in [5.74, 6) is -0.733. The Morgan fingerprint density at radius 3 is 2.74 bits per heavy atom. The predicted octanol–water partition coefficient (Wildman–Crippen LogP) is 2.15. The molecule has 1 aliphatic rings. The number of aliphatic hydroxyl groups is 1. The number of ketones is 1. The average Bonchev–Trinajstić information content (AvgIpc) is 2.81. The first-order valence-electron chi connectivity index (χ1n) is 7.79. The maximum atomic E-state index is 11.9. The SMILES string of the molecule is COC(=O)CC/C=C/C/C=C/CC1C(=O)CC(O)C1/C=C/C=O. The summed E-state index contributed by atoms with van der Waals surface area (Å²) in [5.41, 5.74) is 0. The number of methoxy groups -OCH3 is 1. The number of esters is 1. The highest BCUT2D eigenvalue weighted by Gasteiger charge is 2.38. The summed E-state index contributed by atoms with van der Waals surface area (Å²) in [6.07, 6.45) is 13.1. The van der Waals surface area contributed by atoms with Gasteiger partial charge in [-0.05, 0) is 25.3 Å². The molecule has 0 amide bonds. The molecule has 1 saturated carbocycles. The minimum atomic E-state index is -0.699. The van der Waals surface area contributed by atoms with Crippen molar-refractivity contribution in [3.05, 3.63) is 36.5 Å². The molecule has 0 spiro atoms. The number of Topliss-reactive ketones (excluding diaryl/α,β-unsaturated/α-hetero) is 1. The molecule has 0 aromatic heterocycles. The van der Waals surface area contributed by atoms with Crippen LogP contribution in [-0.4, -0.2) is 36.4 Å². The highest BCUT2D eigenvalue weighted by atomic mass is 16.5. The van der Waals surface area contributed by atoms with E-state index in [0.717, 1.165) is 6.42 Å². The van der Waals surface area contributed by atoms with Crippen LogP contribution in [0.1, 0.15) is 32.1 Å². The van der Waals surface area contributed by atoms with E-state index in [0.29, 0.717) is 25.5 Å². The van der Waals surface area contributed by atoms with E-state index in [4.69, 9.17) is 0 Å². The molecule has 0 bridgehead atoms. The van der Waals surface area contributed by atoms with E-state index in [9.17, 15) is 19.5 Å². The molecule has 0 aliphatic heterocycles. The summed E-state index contributed by atoms with van der Waals surface area (Å²) >= 11 is 0. The topological polar surface area (TPSA) is 80.7 Å². The number of hydrogen-bond acceptors (Lipinski definition) is 5. The Labute approximate surface area is 136 Å². The number of carbonyl (C=O) groups excluding carboxylic acids is 3. The molecule has 5 nitrogen and oxygen atoms in total. The van der Waals surface area contributed by atoms with Crippen LogP contribution in [0.25, 0.3) is 0 Å². The van der Waals surface area contributed by atoms with Crippen LogP contribution in [0.5, 0.6) is 0 Å². The summed E-state index contributed by atoms with van der Waals surface area (Å²) in [4.78, 5) is 33.2. The Bertz CT molecular complexity index is 490. The summed E-state index contributed by atoms with van der Waals surface area (Å²) in [5, 5.41) is 9.86. The molecule has 0 heterocycles. The van der Waals surface area contributed by atoms with Crippen LogP contribution >= 0.6 is 0 Å². The van der Waals surface area contributed by atoms with Gasteiger partial charge in [0.1, 0.15) is 12.1 Å². The third-order valence-electron chi connectivity index (χ3n) is 3.88. The number of aldehydes is 1. The van der Waals surface area contributed by atoms with Gasteiger partial charge in [-0.1, -0.05) is 30.4 Å². The van der Waals surface area contributed by atoms with Crippen LogP contribution in [0.3, 0.4) is 0 Å². The predicted molar refractivity (Wildman–Crippen MR) is 86.6 cm³/mol. The van der Waals surface area contributed by atoms with E-state index < -0.39 is 6.10 Å². The van der Waals surface area contributed by atoms with Gasteiger partial charge in [0.2, 0.25) is 0 Å². The van der Waals surface area contributed by atoms with Crippen LogP contribution in [0, 0.1) is 11.8 Å². The van der Waals surface area contributed by atoms with Crippen molar-refractivity contribution in [3.8, 4) is 0 Å². The molecule has 126 valence electrons. The van der Waals surface area contributed by atoms with Gasteiger partial charge in [0.15, 0.2) is 0 Å². The van der Waals surface area contributed by atoms with Gasteiger partial charge in [-0.2, -0.15) is 0 Å². The monoisotopic (exact) mass is 320 g/mol. The summed E-state index contributed by atoms with van der Waals surface area (Å²) in [6, 6.07) is 0. The van der Waals surface area contributed by atoms with Crippen LogP contribution in [0.2, 0.25) is 0 Å². The fraction of sp³-hybridized carbons (Fsp3) is 0.500. The van der Waals surface area contributed by atoms with Crippen molar-refractivity contribution in [2.24, 2.45) is 11.8 Å². The van der Waals surface area contributed by atoms with Gasteiger partial charge in [0.05, 0.1) is 13.2 Å². The number of allylic oxidation sites excluding steroid dienone is 5. The van der Waals surface area contributed by atoms with E-state index in [1.165, 1.54) is 13.2 Å². The molecule has 0 aromatic rings. The molecule has 23 heavy (non-hydrogen) atoms. The Balaban J connectivity index is 2.36. The van der Waals surface area contributed by atoms with Crippen molar-refractivity contribution in [2.45, 2.75) is 38.2 Å². The number of ether oxygens (including phenoxy) is 1. The molecule has 0 saturated heterocycles. The van der Waals surface area contributed by atoms with E-state index >= 15 is 0 Å². The zero-order chi connectivity index (χ0) is 17.1. The van der Waals surface area contributed by atoms with Crippen LogP contribution < -0.4 is 0 Å². The lowest BCUT2D eigenvalue weighted by molar-refractivity contribution is -0.140. The molecule has 1 aliphatic carbocycles. The maximum Gasteiger partial charge on any atom is 0.305 e. The lowest BCUT2D eigenvalue weighted by Crippen LogP contribution is -2.17. The minimum Gasteiger partial charge on any atom is -0.469 e. The first kappa shape index (κ1) is 19.0. The highest BCUT2D eigenvalue weighted by Crippen LogP contribution is 2.33. The van der Waals surface area contributed by atoms with E-state index in [1.807, 2.05) is 24.3 Å². The maximum absolute atomic E-state index is 11.9. The first-order valence-corrected chi connectivity index (χ1v) is 7.79. The molecular formula is C18H24O5. The van der Waals surface area contributed by atoms with Crippen LogP contribution in [-0.2, 0) is 19.1 Å². The second-order valence-electron chi connectivity index (χ2n) is 5.47. The zero-order valence-electron chi connectivity index (χ0n) is 13.4. The summed E-state index contributed by atoms with van der Waals surface area (Å²) in [7, 11) is 1.37. The second kappa shape index (κ2) is 10.7. The van der Waals surface area contributed by atoms with Crippen molar-refractivity contribution in [1.29, 1.82) is 0 Å². The van der Waals surface area contributed by atoms with Gasteiger partial charge in [-0.25, -0.2) is 0 Å². The van der Waals surface area contributed by atoms with Crippen LogP contribution in [0.15, 0.2) is 36.5 Å². The second-order valence-corrected chi connectivity index (χ2v) is 5.47. The third-order valence-corrected chi connectivity index (χ3v) is 3.88. The Morgan fingerprint density at radius 2 is 2.04 bits per heavy atom.